The van der Waals surface area contributed by atoms with Gasteiger partial charge in [0.15, 0.2) is 0 Å². The molecule has 0 aliphatic rings. The number of nitro benzene ring substituents is 1. The molecule has 0 aliphatic heterocycles. The first-order valence-corrected chi connectivity index (χ1v) is 12.4. The van der Waals surface area contributed by atoms with E-state index in [0.717, 1.165) is 0 Å². The maximum absolute atomic E-state index is 13.0. The Labute approximate surface area is 171 Å². The number of hydrogen-bond donors (Lipinski definition) is 0. The van der Waals surface area contributed by atoms with Gasteiger partial charge in [-0.3, -0.25) is 14.9 Å². The van der Waals surface area contributed by atoms with Crippen LogP contribution in [0.25, 0.3) is 0 Å². The fraction of sp³-hybridized carbons (Fsp3) is 0.182. The molecule has 0 spiro atoms. The average Bonchev–Trinajstić information content (AvgIpc) is 2.69. The first-order valence-electron chi connectivity index (χ1n) is 8.90. The zero-order valence-corrected chi connectivity index (χ0v) is 17.8. The molecule has 0 fully saturated rings. The molecular weight excluding hydrogens is 382 g/mol. The van der Waals surface area contributed by atoms with E-state index >= 15 is 0 Å². The van der Waals surface area contributed by atoms with E-state index < -0.39 is 13.0 Å². The number of non-ortho nitro benzene ring substituents is 1. The smallest absolute Gasteiger partial charge is 0.267 e. The van der Waals surface area contributed by atoms with Crippen LogP contribution in [0, 0.1) is 33.4 Å². The lowest BCUT2D eigenvalue weighted by Gasteiger charge is -2.17. The van der Waals surface area contributed by atoms with Gasteiger partial charge in [-0.2, -0.15) is 10.1 Å². The molecule has 6 nitrogen and oxygen atoms in total. The van der Waals surface area contributed by atoms with Crippen LogP contribution in [0.5, 0.6) is 0 Å². The number of nitrogens with zero attached hydrogens (tertiary/aromatic N) is 3. The van der Waals surface area contributed by atoms with E-state index in [4.69, 9.17) is 0 Å². The number of nitro groups is 1. The van der Waals surface area contributed by atoms with Crippen molar-refractivity contribution in [1.29, 1.82) is 0 Å². The average molecular weight is 404 g/mol. The van der Waals surface area contributed by atoms with E-state index in [0.29, 0.717) is 17.0 Å². The van der Waals surface area contributed by atoms with E-state index in [-0.39, 0.29) is 11.6 Å². The highest BCUT2D eigenvalue weighted by Gasteiger charge is 2.18. The van der Waals surface area contributed by atoms with Crippen LogP contribution < -0.4 is 5.01 Å². The van der Waals surface area contributed by atoms with Crippen LogP contribution in [0.1, 0.15) is 17.3 Å². The molecule has 0 aliphatic carbocycles. The molecule has 0 bridgehead atoms. The number of anilines is 1. The number of rotatable bonds is 4. The van der Waals surface area contributed by atoms with Gasteiger partial charge in [0.25, 0.3) is 11.6 Å². The predicted octanol–water partition coefficient (Wildman–Crippen LogP) is 4.50. The van der Waals surface area contributed by atoms with Crippen molar-refractivity contribution in [3.63, 3.8) is 0 Å². The minimum atomic E-state index is -1.51. The molecule has 0 radical (unpaired) electrons. The lowest BCUT2D eigenvalue weighted by molar-refractivity contribution is -0.384. The highest BCUT2D eigenvalue weighted by molar-refractivity contribution is 6.83. The van der Waals surface area contributed by atoms with Gasteiger partial charge in [-0.15, -0.1) is 5.54 Å². The van der Waals surface area contributed by atoms with E-state index in [1.165, 1.54) is 29.3 Å². The molecule has 0 N–H and O–H groups in total. The van der Waals surface area contributed by atoms with Crippen molar-refractivity contribution in [2.45, 2.75) is 26.6 Å². The maximum atomic E-state index is 13.0. The predicted molar refractivity (Wildman–Crippen MR) is 118 cm³/mol. The van der Waals surface area contributed by atoms with Gasteiger partial charge in [0.05, 0.1) is 10.6 Å². The zero-order chi connectivity index (χ0) is 21.4. The Bertz CT molecular complexity index is 1050. The molecule has 0 heterocycles. The second-order valence-corrected chi connectivity index (χ2v) is 11.9. The number of carbonyl (C=O) groups is 1. The van der Waals surface area contributed by atoms with Crippen molar-refractivity contribution >= 4 is 31.1 Å². The van der Waals surface area contributed by atoms with Gasteiger partial charge in [0, 0.05) is 17.7 Å². The Kier molecular flexibility index (Phi) is 7.08. The topological polar surface area (TPSA) is 75.8 Å². The van der Waals surface area contributed by atoms with Crippen molar-refractivity contribution in [2.75, 3.05) is 5.01 Å². The van der Waals surface area contributed by atoms with Crippen molar-refractivity contribution in [1.82, 2.24) is 0 Å². The van der Waals surface area contributed by atoms with Gasteiger partial charge in [0.2, 0.25) is 0 Å². The summed E-state index contributed by atoms with van der Waals surface area (Å²) in [5.74, 6) is 8.08. The molecule has 0 unspecified atom stereocenters. The third kappa shape index (κ3) is 6.76. The normalized spacial score (nSPS) is 10.8. The summed E-state index contributed by atoms with van der Waals surface area (Å²) in [5, 5.41) is 16.4. The van der Waals surface area contributed by atoms with Crippen LogP contribution in [0.3, 0.4) is 0 Å². The molecule has 2 aromatic rings. The monoisotopic (exact) mass is 403 g/mol. The highest BCUT2D eigenvalue weighted by Crippen LogP contribution is 2.22. The van der Waals surface area contributed by atoms with Crippen molar-refractivity contribution in [3.8, 4) is 23.3 Å². The molecule has 7 heteroatoms. The number of hydrazone groups is 1. The van der Waals surface area contributed by atoms with Gasteiger partial charge in [-0.05, 0) is 49.0 Å². The minimum Gasteiger partial charge on any atom is -0.267 e. The Morgan fingerprint density at radius 1 is 1.03 bits per heavy atom. The summed E-state index contributed by atoms with van der Waals surface area (Å²) in [6.07, 6.45) is 0. The first-order chi connectivity index (χ1) is 13.7. The molecule has 0 saturated heterocycles. The quantitative estimate of drug-likeness (QED) is 0.248. The van der Waals surface area contributed by atoms with Crippen LogP contribution in [0.4, 0.5) is 11.4 Å². The van der Waals surface area contributed by atoms with Gasteiger partial charge >= 0.3 is 0 Å². The number of benzene rings is 2. The van der Waals surface area contributed by atoms with Crippen LogP contribution in [-0.4, -0.2) is 24.6 Å². The van der Waals surface area contributed by atoms with Gasteiger partial charge in [-0.1, -0.05) is 37.8 Å². The molecule has 0 saturated carbocycles. The standard InChI is InChI=1S/C22H21N3O3Si/c1-18(10-8-9-17-29(2,3)4)23-24(22(26)19-11-6-5-7-12-19)20-13-15-21(16-14-20)25(27)28/h5-7,11-16H,1-4H3/b23-18-. The molecule has 0 atom stereocenters. The summed E-state index contributed by atoms with van der Waals surface area (Å²) in [7, 11) is -1.51. The fourth-order valence-corrected chi connectivity index (χ4v) is 2.59. The third-order valence-electron chi connectivity index (χ3n) is 3.51. The van der Waals surface area contributed by atoms with E-state index in [1.54, 1.807) is 31.2 Å². The summed E-state index contributed by atoms with van der Waals surface area (Å²) in [6.45, 7) is 8.05. The number of amides is 1. The molecule has 146 valence electrons. The second-order valence-electron chi connectivity index (χ2n) is 7.19. The lowest BCUT2D eigenvalue weighted by Crippen LogP contribution is -2.26. The number of hydrogen-bond acceptors (Lipinski definition) is 4. The molecule has 2 rings (SSSR count). The Morgan fingerprint density at radius 3 is 2.21 bits per heavy atom. The Hall–Kier alpha value is -3.68. The van der Waals surface area contributed by atoms with Crippen molar-refractivity contribution in [3.05, 3.63) is 70.3 Å². The molecule has 2 aromatic carbocycles. The molecule has 0 aromatic heterocycles. The maximum Gasteiger partial charge on any atom is 0.278 e. The first kappa shape index (κ1) is 21.6. The largest absolute Gasteiger partial charge is 0.278 e. The SMILES string of the molecule is C/C(C#CC#C[Si](C)(C)C)=N/N(C(=O)c1ccccc1)c1ccc([N+](=O)[O-])cc1. The van der Waals surface area contributed by atoms with E-state index in [9.17, 15) is 14.9 Å². The van der Waals surface area contributed by atoms with Gasteiger partial charge < -0.3 is 0 Å². The van der Waals surface area contributed by atoms with Crippen LogP contribution >= 0.6 is 0 Å². The van der Waals surface area contributed by atoms with Crippen LogP contribution in [-0.2, 0) is 0 Å². The van der Waals surface area contributed by atoms with E-state index in [1.807, 2.05) is 6.07 Å². The third-order valence-corrected chi connectivity index (χ3v) is 4.39. The summed E-state index contributed by atoms with van der Waals surface area (Å²) < 4.78 is 0. The summed E-state index contributed by atoms with van der Waals surface area (Å²) in [5.41, 5.74) is 4.32. The molecular formula is C22H21N3O3Si. The zero-order valence-electron chi connectivity index (χ0n) is 16.8. The molecule has 29 heavy (non-hydrogen) atoms. The van der Waals surface area contributed by atoms with E-state index in [2.05, 4.69) is 48.0 Å². The summed E-state index contributed by atoms with van der Waals surface area (Å²) >= 11 is 0. The van der Waals surface area contributed by atoms with Gasteiger partial charge in [0.1, 0.15) is 13.8 Å². The lowest BCUT2D eigenvalue weighted by atomic mass is 10.2. The second kappa shape index (κ2) is 9.49. The Morgan fingerprint density at radius 2 is 1.66 bits per heavy atom. The van der Waals surface area contributed by atoms with Crippen LogP contribution in [0.2, 0.25) is 19.6 Å². The summed E-state index contributed by atoms with van der Waals surface area (Å²) in [4.78, 5) is 23.4. The van der Waals surface area contributed by atoms with Crippen molar-refractivity contribution < 1.29 is 9.72 Å². The minimum absolute atomic E-state index is 0.0667. The fourth-order valence-electron chi connectivity index (χ4n) is 2.15. The molecule has 1 amide bonds. The van der Waals surface area contributed by atoms with Crippen LogP contribution in [0.15, 0.2) is 59.7 Å². The van der Waals surface area contributed by atoms with Gasteiger partial charge in [-0.25, -0.2) is 0 Å². The Balaban J connectivity index is 2.41. The highest BCUT2D eigenvalue weighted by atomic mass is 28.3. The number of carbonyl (C=O) groups excluding carboxylic acids is 1. The summed E-state index contributed by atoms with van der Waals surface area (Å²) in [6, 6.07) is 14.3. The van der Waals surface area contributed by atoms with Crippen molar-refractivity contribution in [2.24, 2.45) is 5.10 Å².